The molecule has 7 nitrogen and oxygen atoms in total. The van der Waals surface area contributed by atoms with Gasteiger partial charge >= 0.3 is 6.01 Å². The highest BCUT2D eigenvalue weighted by molar-refractivity contribution is 5.32. The van der Waals surface area contributed by atoms with E-state index < -0.39 is 0 Å². The molecule has 7 heteroatoms. The van der Waals surface area contributed by atoms with Gasteiger partial charge in [-0.25, -0.2) is 0 Å². The van der Waals surface area contributed by atoms with Gasteiger partial charge in [0.1, 0.15) is 0 Å². The molecule has 1 aromatic heterocycles. The number of aliphatic hydroxyl groups excluding tert-OH is 1. The Morgan fingerprint density at radius 3 is 2.67 bits per heavy atom. The number of aromatic nitrogens is 3. The van der Waals surface area contributed by atoms with Gasteiger partial charge in [0.2, 0.25) is 11.9 Å². The van der Waals surface area contributed by atoms with Crippen molar-refractivity contribution >= 4 is 11.9 Å². The summed E-state index contributed by atoms with van der Waals surface area (Å²) in [6.07, 6.45) is 0.693. The van der Waals surface area contributed by atoms with Crippen molar-refractivity contribution in [1.29, 1.82) is 0 Å². The Hall–Kier alpha value is -1.63. The zero-order chi connectivity index (χ0) is 13.6. The Kier molecular flexibility index (Phi) is 5.08. The first-order valence-corrected chi connectivity index (χ1v) is 5.96. The predicted octanol–water partition coefficient (Wildman–Crippen LogP) is 0.673. The first-order chi connectivity index (χ1) is 8.46. The lowest BCUT2D eigenvalue weighted by atomic mass is 9.90. The average Bonchev–Trinajstić information content (AvgIpc) is 2.26. The first kappa shape index (κ1) is 14.4. The summed E-state index contributed by atoms with van der Waals surface area (Å²) in [7, 11) is 0. The largest absolute Gasteiger partial charge is 0.464 e. The van der Waals surface area contributed by atoms with Gasteiger partial charge in [-0.05, 0) is 18.8 Å². The molecule has 0 amide bonds. The molecule has 0 aliphatic carbocycles. The van der Waals surface area contributed by atoms with Crippen molar-refractivity contribution < 1.29 is 9.84 Å². The lowest BCUT2D eigenvalue weighted by Crippen LogP contribution is -2.25. The van der Waals surface area contributed by atoms with E-state index in [4.69, 9.17) is 15.6 Å². The molecule has 0 radical (unpaired) electrons. The number of nitrogen functional groups attached to an aromatic ring is 1. The van der Waals surface area contributed by atoms with Crippen molar-refractivity contribution in [3.63, 3.8) is 0 Å². The van der Waals surface area contributed by atoms with Crippen LogP contribution in [0.5, 0.6) is 6.01 Å². The number of anilines is 2. The minimum atomic E-state index is -0.0537. The lowest BCUT2D eigenvalue weighted by molar-refractivity contribution is 0.220. The van der Waals surface area contributed by atoms with Crippen LogP contribution in [-0.2, 0) is 0 Å². The van der Waals surface area contributed by atoms with Crippen LogP contribution >= 0.6 is 0 Å². The standard InChI is InChI=1S/C11H21N5O2/c1-4-18-10-15-8(12)14-9(16-10)13-7-11(2,3)5-6-17/h17H,4-7H2,1-3H3,(H3,12,13,14,15,16). The van der Waals surface area contributed by atoms with Gasteiger partial charge in [-0.3, -0.25) is 0 Å². The molecule has 102 valence electrons. The fourth-order valence-electron chi connectivity index (χ4n) is 1.35. The van der Waals surface area contributed by atoms with Crippen LogP contribution in [0.25, 0.3) is 0 Å². The van der Waals surface area contributed by atoms with Crippen LogP contribution in [0.2, 0.25) is 0 Å². The van der Waals surface area contributed by atoms with E-state index in [0.717, 1.165) is 0 Å². The van der Waals surface area contributed by atoms with Crippen LogP contribution in [0.15, 0.2) is 0 Å². The predicted molar refractivity (Wildman–Crippen MR) is 69.4 cm³/mol. The van der Waals surface area contributed by atoms with Crippen molar-refractivity contribution in [3.05, 3.63) is 0 Å². The SMILES string of the molecule is CCOc1nc(N)nc(NCC(C)(C)CCO)n1. The maximum Gasteiger partial charge on any atom is 0.323 e. The molecule has 1 aromatic rings. The van der Waals surface area contributed by atoms with E-state index in [1.807, 2.05) is 20.8 Å². The van der Waals surface area contributed by atoms with E-state index in [-0.39, 0.29) is 24.0 Å². The summed E-state index contributed by atoms with van der Waals surface area (Å²) in [5, 5.41) is 12.0. The third-order valence-corrected chi connectivity index (χ3v) is 2.42. The summed E-state index contributed by atoms with van der Waals surface area (Å²) >= 11 is 0. The molecule has 0 unspecified atom stereocenters. The maximum atomic E-state index is 8.95. The molecule has 1 rings (SSSR count). The second-order valence-electron chi connectivity index (χ2n) is 4.72. The fourth-order valence-corrected chi connectivity index (χ4v) is 1.35. The Bertz CT molecular complexity index is 384. The highest BCUT2D eigenvalue weighted by Crippen LogP contribution is 2.20. The zero-order valence-corrected chi connectivity index (χ0v) is 11.1. The van der Waals surface area contributed by atoms with Crippen LogP contribution in [0, 0.1) is 5.41 Å². The highest BCUT2D eigenvalue weighted by Gasteiger charge is 2.17. The van der Waals surface area contributed by atoms with Gasteiger partial charge < -0.3 is 20.9 Å². The van der Waals surface area contributed by atoms with Gasteiger partial charge in [0, 0.05) is 13.2 Å². The van der Waals surface area contributed by atoms with Gasteiger partial charge in [0.05, 0.1) is 6.61 Å². The molecule has 0 aliphatic rings. The molecular formula is C11H21N5O2. The molecule has 0 fully saturated rings. The molecular weight excluding hydrogens is 234 g/mol. The Morgan fingerprint density at radius 2 is 2.06 bits per heavy atom. The molecule has 0 spiro atoms. The molecule has 18 heavy (non-hydrogen) atoms. The van der Waals surface area contributed by atoms with E-state index in [9.17, 15) is 0 Å². The average molecular weight is 255 g/mol. The van der Waals surface area contributed by atoms with Gasteiger partial charge in [-0.2, -0.15) is 15.0 Å². The zero-order valence-electron chi connectivity index (χ0n) is 11.1. The summed E-state index contributed by atoms with van der Waals surface area (Å²) in [5.74, 6) is 0.507. The Balaban J connectivity index is 2.66. The van der Waals surface area contributed by atoms with Crippen LogP contribution < -0.4 is 15.8 Å². The number of rotatable bonds is 7. The topological polar surface area (TPSA) is 106 Å². The van der Waals surface area contributed by atoms with Gasteiger partial charge in [0.25, 0.3) is 0 Å². The number of hydrogen-bond acceptors (Lipinski definition) is 7. The monoisotopic (exact) mass is 255 g/mol. The normalized spacial score (nSPS) is 11.3. The van der Waals surface area contributed by atoms with E-state index in [1.165, 1.54) is 0 Å². The van der Waals surface area contributed by atoms with Crippen molar-refractivity contribution in [2.75, 3.05) is 30.8 Å². The molecule has 0 saturated carbocycles. The quantitative estimate of drug-likeness (QED) is 0.657. The summed E-state index contributed by atoms with van der Waals surface area (Å²) in [4.78, 5) is 11.9. The number of nitrogens with two attached hydrogens (primary N) is 1. The number of aliphatic hydroxyl groups is 1. The smallest absolute Gasteiger partial charge is 0.323 e. The molecule has 0 atom stereocenters. The van der Waals surface area contributed by atoms with Crippen molar-refractivity contribution in [2.24, 2.45) is 5.41 Å². The van der Waals surface area contributed by atoms with Crippen molar-refractivity contribution in [1.82, 2.24) is 15.0 Å². The summed E-state index contributed by atoms with van der Waals surface area (Å²) in [6, 6.07) is 0.215. The third kappa shape index (κ3) is 4.70. The molecule has 0 saturated heterocycles. The minimum Gasteiger partial charge on any atom is -0.464 e. The molecule has 0 bridgehead atoms. The molecule has 0 aliphatic heterocycles. The van der Waals surface area contributed by atoms with Crippen LogP contribution in [0.1, 0.15) is 27.2 Å². The number of nitrogens with zero attached hydrogens (tertiary/aromatic N) is 3. The third-order valence-electron chi connectivity index (χ3n) is 2.42. The van der Waals surface area contributed by atoms with Gasteiger partial charge in [0.15, 0.2) is 0 Å². The Labute approximate surface area is 107 Å². The fraction of sp³-hybridized carbons (Fsp3) is 0.727. The Morgan fingerprint density at radius 1 is 1.33 bits per heavy atom. The summed E-state index contributed by atoms with van der Waals surface area (Å²) in [5.41, 5.74) is 5.51. The first-order valence-electron chi connectivity index (χ1n) is 5.96. The highest BCUT2D eigenvalue weighted by atomic mass is 16.5. The molecule has 0 aromatic carbocycles. The van der Waals surface area contributed by atoms with Crippen LogP contribution in [-0.4, -0.2) is 39.8 Å². The minimum absolute atomic E-state index is 0.0537. The van der Waals surface area contributed by atoms with E-state index in [2.05, 4.69) is 20.3 Å². The number of hydrogen-bond donors (Lipinski definition) is 3. The van der Waals surface area contributed by atoms with Crippen molar-refractivity contribution in [3.8, 4) is 6.01 Å². The molecule has 1 heterocycles. The van der Waals surface area contributed by atoms with Gasteiger partial charge in [-0.1, -0.05) is 13.8 Å². The van der Waals surface area contributed by atoms with Crippen LogP contribution in [0.3, 0.4) is 0 Å². The van der Waals surface area contributed by atoms with Crippen LogP contribution in [0.4, 0.5) is 11.9 Å². The van der Waals surface area contributed by atoms with E-state index in [1.54, 1.807) is 0 Å². The second-order valence-corrected chi connectivity index (χ2v) is 4.72. The maximum absolute atomic E-state index is 8.95. The second kappa shape index (κ2) is 6.34. The van der Waals surface area contributed by atoms with Gasteiger partial charge in [-0.15, -0.1) is 0 Å². The lowest BCUT2D eigenvalue weighted by Gasteiger charge is -2.23. The summed E-state index contributed by atoms with van der Waals surface area (Å²) < 4.78 is 5.18. The molecule has 4 N–H and O–H groups in total. The van der Waals surface area contributed by atoms with E-state index in [0.29, 0.717) is 25.5 Å². The van der Waals surface area contributed by atoms with E-state index >= 15 is 0 Å². The summed E-state index contributed by atoms with van der Waals surface area (Å²) in [6.45, 7) is 7.19. The number of ether oxygens (including phenoxy) is 1. The van der Waals surface area contributed by atoms with Crippen molar-refractivity contribution in [2.45, 2.75) is 27.2 Å². The number of nitrogens with one attached hydrogen (secondary N) is 1.